The van der Waals surface area contributed by atoms with Gasteiger partial charge in [-0.05, 0) is 64.8 Å². The molecule has 0 spiro atoms. The fraction of sp³-hybridized carbons (Fsp3) is 0.586. The lowest BCUT2D eigenvalue weighted by atomic mass is 9.90. The van der Waals surface area contributed by atoms with Crippen LogP contribution in [0.4, 0.5) is 23.1 Å². The van der Waals surface area contributed by atoms with Crippen LogP contribution in [0.1, 0.15) is 68.1 Å². The Labute approximate surface area is 241 Å². The summed E-state index contributed by atoms with van der Waals surface area (Å²) in [6.45, 7) is 0.632. The largest absolute Gasteiger partial charge is 0.495 e. The lowest BCUT2D eigenvalue weighted by molar-refractivity contribution is -0.118. The van der Waals surface area contributed by atoms with Crippen LogP contribution in [0.25, 0.3) is 0 Å². The van der Waals surface area contributed by atoms with Gasteiger partial charge in [0, 0.05) is 38.1 Å². The van der Waals surface area contributed by atoms with Crippen molar-refractivity contribution in [2.75, 3.05) is 49.9 Å². The maximum absolute atomic E-state index is 13.2. The van der Waals surface area contributed by atoms with E-state index in [1.807, 2.05) is 0 Å². The summed E-state index contributed by atoms with van der Waals surface area (Å²) in [7, 11) is 7.54. The van der Waals surface area contributed by atoms with Gasteiger partial charge in [0.1, 0.15) is 11.4 Å². The number of benzene rings is 1. The van der Waals surface area contributed by atoms with Crippen LogP contribution in [0.15, 0.2) is 18.3 Å². The molecule has 1 aliphatic heterocycles. The molecule has 11 heteroatoms. The fourth-order valence-corrected chi connectivity index (χ4v) is 6.43. The number of halogens is 1. The van der Waals surface area contributed by atoms with Crippen LogP contribution in [-0.2, 0) is 4.79 Å². The zero-order chi connectivity index (χ0) is 28.4. The molecule has 2 aliphatic carbocycles. The number of amides is 2. The number of aromatic nitrogens is 2. The minimum atomic E-state index is -0.204. The topological polar surface area (TPSA) is 103 Å². The van der Waals surface area contributed by atoms with E-state index in [-0.39, 0.29) is 17.9 Å². The van der Waals surface area contributed by atoms with Crippen molar-refractivity contribution in [3.05, 3.63) is 28.9 Å². The molecular formula is C29H40ClN7O3. The van der Waals surface area contributed by atoms with Crippen molar-refractivity contribution in [3.8, 4) is 5.75 Å². The van der Waals surface area contributed by atoms with Gasteiger partial charge in [0.05, 0.1) is 29.6 Å². The first kappa shape index (κ1) is 28.4. The molecule has 2 amide bonds. The monoisotopic (exact) mass is 569 g/mol. The lowest BCUT2D eigenvalue weighted by Gasteiger charge is -2.33. The van der Waals surface area contributed by atoms with Crippen molar-refractivity contribution >= 4 is 46.6 Å². The van der Waals surface area contributed by atoms with E-state index in [4.69, 9.17) is 21.3 Å². The summed E-state index contributed by atoms with van der Waals surface area (Å²) in [6, 6.07) is 4.39. The standard InChI is InChI=1S/C29H40ClN7O3/c1-35(2)19-11-9-18(10-12-19)32-28(39)21-15-25(40-4)23(16-22(21)30)33-29-31-17-24-27(34-29)37(20-7-5-6-8-20)14-13-26(38)36(24)3/h15-20H,5-14H2,1-4H3,(H,32,39)(H,31,33,34). The normalized spacial score (nSPS) is 21.8. The van der Waals surface area contributed by atoms with E-state index in [0.717, 1.165) is 44.3 Å². The van der Waals surface area contributed by atoms with Gasteiger partial charge in [-0.25, -0.2) is 4.98 Å². The third-order valence-electron chi connectivity index (χ3n) is 8.63. The molecule has 2 heterocycles. The fourth-order valence-electron chi connectivity index (χ4n) is 6.18. The number of ether oxygens (including phenoxy) is 1. The number of hydrogen-bond acceptors (Lipinski definition) is 8. The number of methoxy groups -OCH3 is 1. The van der Waals surface area contributed by atoms with E-state index in [1.165, 1.54) is 12.8 Å². The van der Waals surface area contributed by atoms with E-state index in [9.17, 15) is 9.59 Å². The molecule has 0 saturated heterocycles. The summed E-state index contributed by atoms with van der Waals surface area (Å²) in [5.41, 5.74) is 1.63. The lowest BCUT2D eigenvalue weighted by Crippen LogP contribution is -2.41. The Bertz CT molecular complexity index is 1240. The van der Waals surface area contributed by atoms with Crippen molar-refractivity contribution < 1.29 is 14.3 Å². The zero-order valence-corrected chi connectivity index (χ0v) is 24.6. The Morgan fingerprint density at radius 1 is 1.12 bits per heavy atom. The second kappa shape index (κ2) is 12.2. The number of fused-ring (bicyclic) bond motifs is 1. The van der Waals surface area contributed by atoms with Gasteiger partial charge in [-0.2, -0.15) is 4.98 Å². The number of carbonyl (C=O) groups is 2. The molecule has 40 heavy (non-hydrogen) atoms. The first-order chi connectivity index (χ1) is 19.2. The van der Waals surface area contributed by atoms with E-state index in [0.29, 0.717) is 58.7 Å². The van der Waals surface area contributed by atoms with E-state index >= 15 is 0 Å². The predicted molar refractivity (Wildman–Crippen MR) is 158 cm³/mol. The van der Waals surface area contributed by atoms with Gasteiger partial charge in [0.2, 0.25) is 11.9 Å². The zero-order valence-electron chi connectivity index (χ0n) is 23.9. The van der Waals surface area contributed by atoms with Crippen LogP contribution in [-0.4, -0.2) is 79.6 Å². The van der Waals surface area contributed by atoms with Crippen LogP contribution in [0.2, 0.25) is 5.02 Å². The van der Waals surface area contributed by atoms with Crippen molar-refractivity contribution in [3.63, 3.8) is 0 Å². The van der Waals surface area contributed by atoms with Gasteiger partial charge >= 0.3 is 0 Å². The molecule has 2 fully saturated rings. The molecule has 1 aromatic heterocycles. The summed E-state index contributed by atoms with van der Waals surface area (Å²) in [6.07, 6.45) is 10.7. The van der Waals surface area contributed by atoms with Gasteiger partial charge < -0.3 is 30.1 Å². The summed E-state index contributed by atoms with van der Waals surface area (Å²) in [5.74, 6) is 1.43. The molecule has 0 radical (unpaired) electrons. The first-order valence-corrected chi connectivity index (χ1v) is 14.6. The Morgan fingerprint density at radius 3 is 2.52 bits per heavy atom. The van der Waals surface area contributed by atoms with Gasteiger partial charge in [-0.3, -0.25) is 9.59 Å². The Kier molecular flexibility index (Phi) is 8.65. The highest BCUT2D eigenvalue weighted by Crippen LogP contribution is 2.38. The number of nitrogens with one attached hydrogen (secondary N) is 2. The molecule has 2 N–H and O–H groups in total. The Balaban J connectivity index is 1.36. The molecule has 2 aromatic rings. The van der Waals surface area contributed by atoms with Crippen molar-refractivity contribution in [2.45, 2.75) is 75.9 Å². The predicted octanol–water partition coefficient (Wildman–Crippen LogP) is 4.60. The van der Waals surface area contributed by atoms with Crippen molar-refractivity contribution in [1.29, 1.82) is 0 Å². The number of anilines is 4. The molecule has 3 aliphatic rings. The van der Waals surface area contributed by atoms with Gasteiger partial charge in [0.15, 0.2) is 5.82 Å². The first-order valence-electron chi connectivity index (χ1n) is 14.3. The van der Waals surface area contributed by atoms with Crippen LogP contribution in [0.3, 0.4) is 0 Å². The Morgan fingerprint density at radius 2 is 1.85 bits per heavy atom. The third-order valence-corrected chi connectivity index (χ3v) is 8.94. The summed E-state index contributed by atoms with van der Waals surface area (Å²) in [5, 5.41) is 6.71. The van der Waals surface area contributed by atoms with Crippen LogP contribution in [0.5, 0.6) is 5.75 Å². The minimum absolute atomic E-state index is 0.0547. The molecule has 216 valence electrons. The SMILES string of the molecule is COc1cc(C(=O)NC2CCC(N(C)C)CC2)c(Cl)cc1Nc1ncc2c(n1)N(C1CCCC1)CCC(=O)N2C. The number of carbonyl (C=O) groups excluding carboxylic acids is 2. The van der Waals surface area contributed by atoms with E-state index in [1.54, 1.807) is 37.4 Å². The van der Waals surface area contributed by atoms with Crippen LogP contribution >= 0.6 is 11.6 Å². The quantitative estimate of drug-likeness (QED) is 0.499. The molecule has 0 unspecified atom stereocenters. The van der Waals surface area contributed by atoms with Gasteiger partial charge in [-0.1, -0.05) is 24.4 Å². The highest BCUT2D eigenvalue weighted by molar-refractivity contribution is 6.34. The maximum Gasteiger partial charge on any atom is 0.253 e. The van der Waals surface area contributed by atoms with Gasteiger partial charge in [-0.15, -0.1) is 0 Å². The molecule has 2 saturated carbocycles. The summed E-state index contributed by atoms with van der Waals surface area (Å²) in [4.78, 5) is 41.3. The van der Waals surface area contributed by atoms with Crippen LogP contribution < -0.4 is 25.2 Å². The molecule has 5 rings (SSSR count). The third kappa shape index (κ3) is 5.98. The van der Waals surface area contributed by atoms with Crippen molar-refractivity contribution in [1.82, 2.24) is 20.2 Å². The average molecular weight is 570 g/mol. The van der Waals surface area contributed by atoms with Gasteiger partial charge in [0.25, 0.3) is 5.91 Å². The molecule has 0 atom stereocenters. The molecular weight excluding hydrogens is 530 g/mol. The number of nitrogens with zero attached hydrogens (tertiary/aromatic N) is 5. The highest BCUT2D eigenvalue weighted by atomic mass is 35.5. The van der Waals surface area contributed by atoms with Crippen molar-refractivity contribution in [2.24, 2.45) is 0 Å². The molecule has 1 aromatic carbocycles. The molecule has 0 bridgehead atoms. The number of rotatable bonds is 7. The van der Waals surface area contributed by atoms with E-state index in [2.05, 4.69) is 39.5 Å². The summed E-state index contributed by atoms with van der Waals surface area (Å²) < 4.78 is 5.63. The Hall–Kier alpha value is -3.11. The summed E-state index contributed by atoms with van der Waals surface area (Å²) >= 11 is 6.63. The second-order valence-electron chi connectivity index (χ2n) is 11.3. The maximum atomic E-state index is 13.2. The highest BCUT2D eigenvalue weighted by Gasteiger charge is 2.32. The number of hydrogen-bond donors (Lipinski definition) is 2. The van der Waals surface area contributed by atoms with E-state index < -0.39 is 0 Å². The average Bonchev–Trinajstić information content (AvgIpc) is 3.44. The minimum Gasteiger partial charge on any atom is -0.495 e. The smallest absolute Gasteiger partial charge is 0.253 e. The molecule has 10 nitrogen and oxygen atoms in total. The second-order valence-corrected chi connectivity index (χ2v) is 11.7. The van der Waals surface area contributed by atoms with Crippen LogP contribution in [0, 0.1) is 0 Å².